The monoisotopic (exact) mass is 282 g/mol. The number of hydrogen-bond donors (Lipinski definition) is 2. The van der Waals surface area contributed by atoms with Gasteiger partial charge in [0.1, 0.15) is 5.82 Å². The van der Waals surface area contributed by atoms with Crippen LogP contribution in [0, 0.1) is 5.82 Å². The number of aromatic nitrogens is 1. The molecule has 2 aromatic carbocycles. The van der Waals surface area contributed by atoms with Crippen LogP contribution in [0.2, 0.25) is 0 Å². The van der Waals surface area contributed by atoms with Crippen molar-refractivity contribution in [1.29, 1.82) is 0 Å². The van der Waals surface area contributed by atoms with Gasteiger partial charge in [0.15, 0.2) is 5.43 Å². The summed E-state index contributed by atoms with van der Waals surface area (Å²) in [5.74, 6) is -0.446. The Morgan fingerprint density at radius 3 is 2.48 bits per heavy atom. The number of nitrogens with one attached hydrogen (secondary N) is 1. The third-order valence-electron chi connectivity index (χ3n) is 3.54. The predicted octanol–water partition coefficient (Wildman–Crippen LogP) is 3.35. The molecular formula is C17H15FN2O. The lowest BCUT2D eigenvalue weighted by Crippen LogP contribution is -2.20. The highest BCUT2D eigenvalue weighted by atomic mass is 19.1. The van der Waals surface area contributed by atoms with Gasteiger partial charge in [-0.1, -0.05) is 36.4 Å². The first kappa shape index (κ1) is 13.5. The van der Waals surface area contributed by atoms with Crippen LogP contribution in [0.5, 0.6) is 0 Å². The molecule has 1 atom stereocenters. The number of aromatic amines is 1. The maximum Gasteiger partial charge on any atom is 0.194 e. The van der Waals surface area contributed by atoms with Gasteiger partial charge < -0.3 is 10.7 Å². The topological polar surface area (TPSA) is 58.9 Å². The van der Waals surface area contributed by atoms with E-state index in [4.69, 9.17) is 5.73 Å². The number of halogens is 1. The molecule has 3 aromatic rings. The summed E-state index contributed by atoms with van der Waals surface area (Å²) in [6.07, 6.45) is 0. The summed E-state index contributed by atoms with van der Waals surface area (Å²) in [5.41, 5.74) is 7.82. The molecule has 1 heterocycles. The van der Waals surface area contributed by atoms with Gasteiger partial charge in [-0.25, -0.2) is 4.39 Å². The van der Waals surface area contributed by atoms with Gasteiger partial charge in [0.05, 0.1) is 11.2 Å². The lowest BCUT2D eigenvalue weighted by Gasteiger charge is -2.14. The molecule has 0 amide bonds. The Kier molecular flexibility index (Phi) is 3.31. The first-order valence-corrected chi connectivity index (χ1v) is 6.75. The summed E-state index contributed by atoms with van der Waals surface area (Å²) in [6.45, 7) is 1.75. The van der Waals surface area contributed by atoms with E-state index in [1.54, 1.807) is 13.0 Å². The van der Waals surface area contributed by atoms with Crippen LogP contribution in [-0.2, 0) is 0 Å². The molecule has 3 nitrogen and oxygen atoms in total. The zero-order chi connectivity index (χ0) is 15.0. The van der Waals surface area contributed by atoms with E-state index in [1.807, 2.05) is 30.3 Å². The summed E-state index contributed by atoms with van der Waals surface area (Å²) in [5, 5.41) is 0.321. The molecule has 3 rings (SSSR count). The number of nitrogens with two attached hydrogens (primary N) is 1. The highest BCUT2D eigenvalue weighted by Crippen LogP contribution is 2.26. The van der Waals surface area contributed by atoms with Crippen LogP contribution in [0.1, 0.15) is 18.5 Å². The molecule has 0 aliphatic heterocycles. The van der Waals surface area contributed by atoms with Gasteiger partial charge in [-0.3, -0.25) is 4.79 Å². The molecule has 106 valence electrons. The fraction of sp³-hybridized carbons (Fsp3) is 0.118. The Morgan fingerprint density at radius 2 is 1.81 bits per heavy atom. The third kappa shape index (κ3) is 2.23. The summed E-state index contributed by atoms with van der Waals surface area (Å²) < 4.78 is 14.0. The number of hydrogen-bond acceptors (Lipinski definition) is 2. The summed E-state index contributed by atoms with van der Waals surface area (Å²) in [4.78, 5) is 15.7. The molecule has 0 saturated heterocycles. The van der Waals surface area contributed by atoms with E-state index >= 15 is 0 Å². The van der Waals surface area contributed by atoms with Crippen LogP contribution in [-0.4, -0.2) is 4.98 Å². The second kappa shape index (κ2) is 5.14. The van der Waals surface area contributed by atoms with Gasteiger partial charge in [-0.05, 0) is 24.6 Å². The number of rotatable bonds is 2. The second-order valence-electron chi connectivity index (χ2n) is 5.06. The normalized spacial score (nSPS) is 12.5. The molecule has 4 heteroatoms. The van der Waals surface area contributed by atoms with Crippen molar-refractivity contribution in [3.05, 3.63) is 70.1 Å². The fourth-order valence-corrected chi connectivity index (χ4v) is 2.56. The minimum atomic E-state index is -0.448. The molecule has 1 unspecified atom stereocenters. The molecule has 0 saturated carbocycles. The van der Waals surface area contributed by atoms with E-state index < -0.39 is 11.9 Å². The van der Waals surface area contributed by atoms with Crippen molar-refractivity contribution >= 4 is 10.9 Å². The first-order chi connectivity index (χ1) is 10.1. The van der Waals surface area contributed by atoms with Crippen molar-refractivity contribution < 1.29 is 4.39 Å². The number of pyridine rings is 1. The number of fused-ring (bicyclic) bond motifs is 1. The van der Waals surface area contributed by atoms with Gasteiger partial charge in [0.2, 0.25) is 0 Å². The molecule has 0 fully saturated rings. The van der Waals surface area contributed by atoms with Crippen molar-refractivity contribution in [2.75, 3.05) is 0 Å². The third-order valence-corrected chi connectivity index (χ3v) is 3.54. The van der Waals surface area contributed by atoms with Gasteiger partial charge in [-0.15, -0.1) is 0 Å². The molecule has 0 spiro atoms. The van der Waals surface area contributed by atoms with Crippen LogP contribution >= 0.6 is 0 Å². The second-order valence-corrected chi connectivity index (χ2v) is 5.06. The summed E-state index contributed by atoms with van der Waals surface area (Å²) in [7, 11) is 0. The highest BCUT2D eigenvalue weighted by Gasteiger charge is 2.17. The highest BCUT2D eigenvalue weighted by molar-refractivity contribution is 5.84. The molecule has 0 aliphatic rings. The molecule has 3 N–H and O–H groups in total. The number of H-pyrrole nitrogens is 1. The van der Waals surface area contributed by atoms with E-state index in [0.717, 1.165) is 5.56 Å². The predicted molar refractivity (Wildman–Crippen MR) is 82.6 cm³/mol. The van der Waals surface area contributed by atoms with E-state index in [2.05, 4.69) is 4.98 Å². The summed E-state index contributed by atoms with van der Waals surface area (Å²) >= 11 is 0. The van der Waals surface area contributed by atoms with Crippen LogP contribution in [0.25, 0.3) is 22.2 Å². The van der Waals surface area contributed by atoms with E-state index in [0.29, 0.717) is 16.6 Å². The Morgan fingerprint density at radius 1 is 1.10 bits per heavy atom. The number of para-hydroxylation sites is 1. The average molecular weight is 282 g/mol. The quantitative estimate of drug-likeness (QED) is 0.757. The molecule has 21 heavy (non-hydrogen) atoms. The van der Waals surface area contributed by atoms with E-state index in [-0.39, 0.29) is 10.9 Å². The van der Waals surface area contributed by atoms with Gasteiger partial charge in [0.25, 0.3) is 0 Å². The average Bonchev–Trinajstić information content (AvgIpc) is 2.48. The Labute approximate surface area is 121 Å². The zero-order valence-corrected chi connectivity index (χ0v) is 11.6. The largest absolute Gasteiger partial charge is 0.352 e. The van der Waals surface area contributed by atoms with Crippen LogP contribution in [0.15, 0.2) is 53.3 Å². The maximum atomic E-state index is 14.0. The fourth-order valence-electron chi connectivity index (χ4n) is 2.56. The van der Waals surface area contributed by atoms with Gasteiger partial charge in [0, 0.05) is 17.0 Å². The summed E-state index contributed by atoms with van der Waals surface area (Å²) in [6, 6.07) is 13.4. The SMILES string of the molecule is CC(N)c1c(-c2ccccc2)[nH]c2c(F)cccc2c1=O. The van der Waals surface area contributed by atoms with E-state index in [9.17, 15) is 9.18 Å². The lowest BCUT2D eigenvalue weighted by atomic mass is 9.98. The van der Waals surface area contributed by atoms with Gasteiger partial charge >= 0.3 is 0 Å². The van der Waals surface area contributed by atoms with Crippen molar-refractivity contribution in [1.82, 2.24) is 4.98 Å². The zero-order valence-electron chi connectivity index (χ0n) is 11.6. The Balaban J connectivity index is 2.46. The Hall–Kier alpha value is -2.46. The smallest absolute Gasteiger partial charge is 0.194 e. The van der Waals surface area contributed by atoms with Crippen LogP contribution in [0.4, 0.5) is 4.39 Å². The molecule has 0 radical (unpaired) electrons. The van der Waals surface area contributed by atoms with Crippen molar-refractivity contribution in [2.45, 2.75) is 13.0 Å². The van der Waals surface area contributed by atoms with Crippen LogP contribution < -0.4 is 11.2 Å². The maximum absolute atomic E-state index is 14.0. The first-order valence-electron chi connectivity index (χ1n) is 6.75. The standard InChI is InChI=1S/C17H15FN2O/c1-10(19)14-15(11-6-3-2-4-7-11)20-16-12(17(14)21)8-5-9-13(16)18/h2-10H,19H2,1H3,(H,20,21). The van der Waals surface area contributed by atoms with Crippen LogP contribution in [0.3, 0.4) is 0 Å². The minimum Gasteiger partial charge on any atom is -0.352 e. The van der Waals surface area contributed by atoms with Crippen molar-refractivity contribution in [3.63, 3.8) is 0 Å². The molecule has 1 aromatic heterocycles. The number of benzene rings is 2. The minimum absolute atomic E-state index is 0.214. The van der Waals surface area contributed by atoms with E-state index in [1.165, 1.54) is 12.1 Å². The molecular weight excluding hydrogens is 267 g/mol. The lowest BCUT2D eigenvalue weighted by molar-refractivity contribution is 0.636. The molecule has 0 aliphatic carbocycles. The van der Waals surface area contributed by atoms with Gasteiger partial charge in [-0.2, -0.15) is 0 Å². The van der Waals surface area contributed by atoms with Crippen molar-refractivity contribution in [3.8, 4) is 11.3 Å². The molecule has 0 bridgehead atoms. The van der Waals surface area contributed by atoms with Crippen molar-refractivity contribution in [2.24, 2.45) is 5.73 Å². The Bertz CT molecular complexity index is 854.